The molecule has 2 aromatic heterocycles. The highest BCUT2D eigenvalue weighted by Crippen LogP contribution is 2.29. The molecule has 5 heterocycles. The molecule has 0 aliphatic carbocycles. The van der Waals surface area contributed by atoms with Crippen LogP contribution in [0.4, 0.5) is 10.5 Å². The molecule has 0 saturated carbocycles. The fourth-order valence-electron chi connectivity index (χ4n) is 5.09. The van der Waals surface area contributed by atoms with E-state index in [1.807, 2.05) is 6.07 Å². The highest BCUT2D eigenvalue weighted by molar-refractivity contribution is 6.06. The Morgan fingerprint density at radius 2 is 1.87 bits per heavy atom. The predicted molar refractivity (Wildman–Crippen MR) is 116 cm³/mol. The average Bonchev–Trinajstić information content (AvgIpc) is 3.18. The summed E-state index contributed by atoms with van der Waals surface area (Å²) < 4.78 is 2.31. The van der Waals surface area contributed by atoms with Crippen molar-refractivity contribution in [1.29, 1.82) is 0 Å². The summed E-state index contributed by atoms with van der Waals surface area (Å²) in [6.07, 6.45) is 9.11. The molecule has 0 unspecified atom stereocenters. The monoisotopic (exact) mass is 410 g/mol. The third kappa shape index (κ3) is 3.94. The van der Waals surface area contributed by atoms with E-state index in [4.69, 9.17) is 4.98 Å². The number of anilines is 1. The van der Waals surface area contributed by atoms with Crippen LogP contribution in [0.5, 0.6) is 0 Å². The highest BCUT2D eigenvalue weighted by Gasteiger charge is 2.26. The number of carbonyl (C=O) groups excluding carboxylic acids is 2. The number of rotatable bonds is 4. The van der Waals surface area contributed by atoms with Gasteiger partial charge in [0.25, 0.3) is 0 Å². The normalized spacial score (nSPS) is 22.6. The Kier molecular flexibility index (Phi) is 5.43. The lowest BCUT2D eigenvalue weighted by Gasteiger charge is -2.36. The number of hydrogen-bond donors (Lipinski definition) is 2. The second-order valence-corrected chi connectivity index (χ2v) is 8.81. The van der Waals surface area contributed by atoms with Gasteiger partial charge in [-0.25, -0.2) is 9.78 Å². The standard InChI is InChI=1S/C22H30N6O2/c29-20-6-12-28(22(30)25-20)19-13-17-3-11-27(21(17)24-14-19)18-4-9-26(10-5-18)15-16-1-7-23-8-2-16/h3,11,13-14,16,18,23H,1-2,4-10,12,15H2,(H,25,29,30). The zero-order chi connectivity index (χ0) is 20.5. The van der Waals surface area contributed by atoms with E-state index < -0.39 is 0 Å². The first-order valence-corrected chi connectivity index (χ1v) is 11.2. The minimum atomic E-state index is -0.368. The van der Waals surface area contributed by atoms with Crippen molar-refractivity contribution in [2.45, 2.75) is 38.1 Å². The van der Waals surface area contributed by atoms with E-state index >= 15 is 0 Å². The largest absolute Gasteiger partial charge is 0.329 e. The fourth-order valence-corrected chi connectivity index (χ4v) is 5.09. The summed E-state index contributed by atoms with van der Waals surface area (Å²) in [7, 11) is 0. The van der Waals surface area contributed by atoms with Gasteiger partial charge in [-0.05, 0) is 56.8 Å². The molecule has 3 amide bonds. The number of urea groups is 1. The average molecular weight is 411 g/mol. The zero-order valence-corrected chi connectivity index (χ0v) is 17.3. The van der Waals surface area contributed by atoms with E-state index in [2.05, 4.69) is 32.4 Å². The van der Waals surface area contributed by atoms with Gasteiger partial charge in [-0.3, -0.25) is 15.0 Å². The molecule has 3 fully saturated rings. The second kappa shape index (κ2) is 8.35. The summed E-state index contributed by atoms with van der Waals surface area (Å²) in [6.45, 7) is 6.26. The molecule has 0 aromatic carbocycles. The lowest BCUT2D eigenvalue weighted by molar-refractivity contribution is -0.120. The number of nitrogens with one attached hydrogen (secondary N) is 2. The second-order valence-electron chi connectivity index (χ2n) is 8.81. The van der Waals surface area contributed by atoms with Crippen LogP contribution in [0.15, 0.2) is 24.5 Å². The van der Waals surface area contributed by atoms with Crippen LogP contribution in [0.1, 0.15) is 38.1 Å². The van der Waals surface area contributed by atoms with Gasteiger partial charge in [-0.1, -0.05) is 0 Å². The number of aromatic nitrogens is 2. The molecule has 2 aromatic rings. The molecule has 0 bridgehead atoms. The first kappa shape index (κ1) is 19.5. The summed E-state index contributed by atoms with van der Waals surface area (Å²) in [4.78, 5) is 32.4. The van der Waals surface area contributed by atoms with Crippen LogP contribution in [0.2, 0.25) is 0 Å². The van der Waals surface area contributed by atoms with Crippen molar-refractivity contribution in [2.24, 2.45) is 5.92 Å². The van der Waals surface area contributed by atoms with E-state index in [0.717, 1.165) is 48.6 Å². The van der Waals surface area contributed by atoms with Crippen LogP contribution in [0.3, 0.4) is 0 Å². The minimum Gasteiger partial charge on any atom is -0.329 e. The number of nitrogens with zero attached hydrogens (tertiary/aromatic N) is 4. The van der Waals surface area contributed by atoms with Gasteiger partial charge in [0.1, 0.15) is 5.65 Å². The van der Waals surface area contributed by atoms with Crippen molar-refractivity contribution in [2.75, 3.05) is 44.2 Å². The van der Waals surface area contributed by atoms with Crippen LogP contribution < -0.4 is 15.5 Å². The lowest BCUT2D eigenvalue weighted by Crippen LogP contribution is -2.49. The molecular weight excluding hydrogens is 380 g/mol. The van der Waals surface area contributed by atoms with Crippen molar-refractivity contribution in [3.8, 4) is 0 Å². The molecule has 0 radical (unpaired) electrons. The quantitative estimate of drug-likeness (QED) is 0.807. The van der Waals surface area contributed by atoms with Crippen molar-refractivity contribution >= 4 is 28.7 Å². The Labute approximate surface area is 176 Å². The third-order valence-electron chi connectivity index (χ3n) is 6.83. The molecular formula is C22H30N6O2. The summed E-state index contributed by atoms with van der Waals surface area (Å²) in [5.41, 5.74) is 1.71. The molecule has 5 rings (SSSR count). The molecule has 8 nitrogen and oxygen atoms in total. The van der Waals surface area contributed by atoms with Crippen LogP contribution in [0.25, 0.3) is 11.0 Å². The van der Waals surface area contributed by atoms with Crippen molar-refractivity contribution < 1.29 is 9.59 Å². The number of pyridine rings is 1. The maximum absolute atomic E-state index is 12.1. The number of fused-ring (bicyclic) bond motifs is 1. The van der Waals surface area contributed by atoms with Crippen LogP contribution in [-0.4, -0.2) is 65.7 Å². The van der Waals surface area contributed by atoms with Crippen LogP contribution in [-0.2, 0) is 4.79 Å². The molecule has 160 valence electrons. The first-order valence-electron chi connectivity index (χ1n) is 11.2. The molecule has 3 aliphatic rings. The Morgan fingerprint density at radius 1 is 1.07 bits per heavy atom. The van der Waals surface area contributed by atoms with Gasteiger partial charge in [0.2, 0.25) is 5.91 Å². The Balaban J connectivity index is 1.24. The van der Waals surface area contributed by atoms with E-state index in [1.54, 1.807) is 11.1 Å². The first-order chi connectivity index (χ1) is 14.7. The number of carbonyl (C=O) groups is 2. The van der Waals surface area contributed by atoms with E-state index in [0.29, 0.717) is 19.0 Å². The highest BCUT2D eigenvalue weighted by atomic mass is 16.2. The maximum Gasteiger partial charge on any atom is 0.328 e. The number of hydrogen-bond acceptors (Lipinski definition) is 5. The molecule has 30 heavy (non-hydrogen) atoms. The topological polar surface area (TPSA) is 82.5 Å². The SMILES string of the molecule is O=C1CCN(c2cnc3c(ccn3C3CCN(CC4CCNCC4)CC3)c2)C(=O)N1. The molecule has 0 atom stereocenters. The summed E-state index contributed by atoms with van der Waals surface area (Å²) >= 11 is 0. The molecule has 3 saturated heterocycles. The van der Waals surface area contributed by atoms with Crippen molar-refractivity contribution in [3.63, 3.8) is 0 Å². The van der Waals surface area contributed by atoms with Crippen LogP contribution in [0, 0.1) is 5.92 Å². The number of imide groups is 1. The predicted octanol–water partition coefficient (Wildman–Crippen LogP) is 2.12. The van der Waals surface area contributed by atoms with Crippen LogP contribution >= 0.6 is 0 Å². The smallest absolute Gasteiger partial charge is 0.328 e. The Bertz CT molecular complexity index is 927. The van der Waals surface area contributed by atoms with E-state index in [9.17, 15) is 9.59 Å². The molecule has 8 heteroatoms. The summed E-state index contributed by atoms with van der Waals surface area (Å²) in [5, 5.41) is 6.86. The zero-order valence-electron chi connectivity index (χ0n) is 17.3. The van der Waals surface area contributed by atoms with Gasteiger partial charge in [0.05, 0.1) is 11.9 Å². The maximum atomic E-state index is 12.1. The molecule has 2 N–H and O–H groups in total. The van der Waals surface area contributed by atoms with Gasteiger partial charge in [0.15, 0.2) is 0 Å². The summed E-state index contributed by atoms with van der Waals surface area (Å²) in [6, 6.07) is 4.19. The number of amides is 3. The molecule has 3 aliphatic heterocycles. The fraction of sp³-hybridized carbons (Fsp3) is 0.591. The number of piperidine rings is 2. The van der Waals surface area contributed by atoms with Crippen molar-refractivity contribution in [3.05, 3.63) is 24.5 Å². The van der Waals surface area contributed by atoms with Gasteiger partial charge in [-0.2, -0.15) is 0 Å². The van der Waals surface area contributed by atoms with Gasteiger partial charge < -0.3 is 14.8 Å². The molecule has 0 spiro atoms. The van der Waals surface area contributed by atoms with E-state index in [-0.39, 0.29) is 11.9 Å². The van der Waals surface area contributed by atoms with Gasteiger partial charge >= 0.3 is 6.03 Å². The minimum absolute atomic E-state index is 0.220. The summed E-state index contributed by atoms with van der Waals surface area (Å²) in [5.74, 6) is 0.625. The number of likely N-dealkylation sites (tertiary alicyclic amines) is 1. The van der Waals surface area contributed by atoms with Crippen molar-refractivity contribution in [1.82, 2.24) is 25.1 Å². The Morgan fingerprint density at radius 3 is 2.63 bits per heavy atom. The van der Waals surface area contributed by atoms with E-state index in [1.165, 1.54) is 32.5 Å². The third-order valence-corrected chi connectivity index (χ3v) is 6.83. The van der Waals surface area contributed by atoms with Gasteiger partial charge in [-0.15, -0.1) is 0 Å². The van der Waals surface area contributed by atoms with Gasteiger partial charge in [0, 0.05) is 50.2 Å². The Hall–Kier alpha value is -2.45. The lowest BCUT2D eigenvalue weighted by atomic mass is 9.96.